The van der Waals surface area contributed by atoms with Gasteiger partial charge in [-0.2, -0.15) is 0 Å². The summed E-state index contributed by atoms with van der Waals surface area (Å²) in [4.78, 5) is 0.309. The molecule has 1 aliphatic rings. The van der Waals surface area contributed by atoms with Crippen LogP contribution in [-0.4, -0.2) is 27.5 Å². The quantitative estimate of drug-likeness (QED) is 0.858. The van der Waals surface area contributed by atoms with E-state index in [1.807, 2.05) is 0 Å². The summed E-state index contributed by atoms with van der Waals surface area (Å²) in [6.45, 7) is 3.73. The van der Waals surface area contributed by atoms with Crippen molar-refractivity contribution in [2.75, 3.05) is 13.1 Å². The zero-order valence-electron chi connectivity index (χ0n) is 10.6. The van der Waals surface area contributed by atoms with Crippen LogP contribution in [0.4, 0.5) is 0 Å². The Kier molecular flexibility index (Phi) is 6.26. The van der Waals surface area contributed by atoms with Crippen molar-refractivity contribution < 1.29 is 8.42 Å². The van der Waals surface area contributed by atoms with E-state index in [2.05, 4.69) is 32.9 Å². The van der Waals surface area contributed by atoms with Gasteiger partial charge in [-0.05, 0) is 43.1 Å². The highest BCUT2D eigenvalue weighted by Crippen LogP contribution is 2.17. The van der Waals surface area contributed by atoms with Crippen LogP contribution >= 0.6 is 28.3 Å². The first-order valence-corrected chi connectivity index (χ1v) is 8.25. The molecule has 1 aromatic rings. The fourth-order valence-corrected chi connectivity index (χ4v) is 3.64. The van der Waals surface area contributed by atoms with Crippen LogP contribution < -0.4 is 10.0 Å². The zero-order valence-corrected chi connectivity index (χ0v) is 13.8. The molecule has 1 aliphatic heterocycles. The third-order valence-corrected chi connectivity index (χ3v) is 5.29. The van der Waals surface area contributed by atoms with E-state index in [9.17, 15) is 8.42 Å². The third-order valence-electron chi connectivity index (χ3n) is 3.26. The Morgan fingerprint density at radius 1 is 1.32 bits per heavy atom. The molecule has 1 fully saturated rings. The van der Waals surface area contributed by atoms with Crippen LogP contribution in [0.2, 0.25) is 0 Å². The van der Waals surface area contributed by atoms with Crippen molar-refractivity contribution in [1.82, 2.24) is 10.0 Å². The van der Waals surface area contributed by atoms with E-state index in [4.69, 9.17) is 0 Å². The van der Waals surface area contributed by atoms with Crippen LogP contribution in [0.1, 0.15) is 13.3 Å². The molecule has 0 bridgehead atoms. The van der Waals surface area contributed by atoms with Gasteiger partial charge in [0, 0.05) is 17.1 Å². The maximum Gasteiger partial charge on any atom is 0.240 e. The number of nitrogens with one attached hydrogen (secondary N) is 2. The van der Waals surface area contributed by atoms with Crippen molar-refractivity contribution >= 4 is 38.4 Å². The van der Waals surface area contributed by atoms with E-state index < -0.39 is 10.0 Å². The molecule has 2 atom stereocenters. The lowest BCUT2D eigenvalue weighted by atomic mass is 9.96. The molecule has 7 heteroatoms. The molecule has 2 N–H and O–H groups in total. The minimum absolute atomic E-state index is 0. The van der Waals surface area contributed by atoms with Crippen molar-refractivity contribution in [3.8, 4) is 0 Å². The van der Waals surface area contributed by atoms with Crippen molar-refractivity contribution in [2.45, 2.75) is 24.3 Å². The van der Waals surface area contributed by atoms with Gasteiger partial charge in [-0.3, -0.25) is 0 Å². The minimum atomic E-state index is -3.42. The van der Waals surface area contributed by atoms with Crippen LogP contribution in [0, 0.1) is 5.92 Å². The molecule has 0 aromatic heterocycles. The van der Waals surface area contributed by atoms with E-state index in [1.165, 1.54) is 0 Å². The lowest BCUT2D eigenvalue weighted by molar-refractivity contribution is 0.327. The molecule has 1 saturated heterocycles. The average Bonchev–Trinajstić information content (AvgIpc) is 2.32. The number of benzene rings is 1. The summed E-state index contributed by atoms with van der Waals surface area (Å²) in [5.74, 6) is 0.358. The number of halogens is 2. The molecule has 1 heterocycles. The van der Waals surface area contributed by atoms with Gasteiger partial charge in [-0.15, -0.1) is 12.4 Å². The second-order valence-corrected chi connectivity index (χ2v) is 7.28. The van der Waals surface area contributed by atoms with Gasteiger partial charge < -0.3 is 5.32 Å². The predicted molar refractivity (Wildman–Crippen MR) is 82.2 cm³/mol. The monoisotopic (exact) mass is 368 g/mol. The van der Waals surface area contributed by atoms with Gasteiger partial charge in [0.25, 0.3) is 0 Å². The fourth-order valence-electron chi connectivity index (χ4n) is 2.03. The van der Waals surface area contributed by atoms with Crippen LogP contribution in [0.5, 0.6) is 0 Å². The summed E-state index contributed by atoms with van der Waals surface area (Å²) in [6, 6.07) is 6.64. The molecule has 1 aromatic carbocycles. The van der Waals surface area contributed by atoms with E-state index in [1.54, 1.807) is 24.3 Å². The van der Waals surface area contributed by atoms with E-state index in [0.717, 1.165) is 17.4 Å². The SMILES string of the molecule is CC1CCNCC1NS(=O)(=O)c1ccc(Br)cc1.Cl. The summed E-state index contributed by atoms with van der Waals surface area (Å²) >= 11 is 3.30. The normalized spacial score (nSPS) is 23.7. The molecule has 2 unspecified atom stereocenters. The maximum atomic E-state index is 12.2. The van der Waals surface area contributed by atoms with Gasteiger partial charge in [0.1, 0.15) is 0 Å². The standard InChI is InChI=1S/C12H17BrN2O2S.ClH/c1-9-6-7-14-8-12(9)15-18(16,17)11-4-2-10(13)3-5-11;/h2-5,9,12,14-15H,6-8H2,1H3;1H. The highest BCUT2D eigenvalue weighted by atomic mass is 79.9. The molecule has 0 amide bonds. The number of sulfonamides is 1. The largest absolute Gasteiger partial charge is 0.315 e. The second-order valence-electron chi connectivity index (χ2n) is 4.65. The molecule has 2 rings (SSSR count). The molecule has 4 nitrogen and oxygen atoms in total. The number of hydrogen-bond acceptors (Lipinski definition) is 3. The van der Waals surface area contributed by atoms with Crippen molar-refractivity contribution in [3.63, 3.8) is 0 Å². The van der Waals surface area contributed by atoms with Gasteiger partial charge in [0.05, 0.1) is 4.90 Å². The Morgan fingerprint density at radius 2 is 1.95 bits per heavy atom. The fraction of sp³-hybridized carbons (Fsp3) is 0.500. The molecule has 0 spiro atoms. The maximum absolute atomic E-state index is 12.2. The number of piperidine rings is 1. The van der Waals surface area contributed by atoms with Crippen LogP contribution in [0.3, 0.4) is 0 Å². The Labute approximate surface area is 128 Å². The molecule has 0 radical (unpaired) electrons. The smallest absolute Gasteiger partial charge is 0.240 e. The van der Waals surface area contributed by atoms with Crippen LogP contribution in [-0.2, 0) is 10.0 Å². The van der Waals surface area contributed by atoms with Gasteiger partial charge in [0.2, 0.25) is 10.0 Å². The Bertz CT molecular complexity index is 507. The van der Waals surface area contributed by atoms with Gasteiger partial charge >= 0.3 is 0 Å². The van der Waals surface area contributed by atoms with E-state index in [0.29, 0.717) is 17.4 Å². The summed E-state index contributed by atoms with van der Waals surface area (Å²) in [5, 5.41) is 3.21. The first-order chi connectivity index (χ1) is 8.49. The van der Waals surface area contributed by atoms with Crippen LogP contribution in [0.15, 0.2) is 33.6 Å². The molecule has 0 aliphatic carbocycles. The summed E-state index contributed by atoms with van der Waals surface area (Å²) in [6.07, 6.45) is 0.994. The number of hydrogen-bond donors (Lipinski definition) is 2. The van der Waals surface area contributed by atoms with Crippen molar-refractivity contribution in [3.05, 3.63) is 28.7 Å². The van der Waals surface area contributed by atoms with Gasteiger partial charge in [-0.1, -0.05) is 22.9 Å². The highest BCUT2D eigenvalue weighted by molar-refractivity contribution is 9.10. The van der Waals surface area contributed by atoms with Gasteiger partial charge in [-0.25, -0.2) is 13.1 Å². The average molecular weight is 370 g/mol. The molecule has 108 valence electrons. The second kappa shape index (κ2) is 7.04. The Morgan fingerprint density at radius 3 is 2.53 bits per heavy atom. The third kappa shape index (κ3) is 4.43. The summed E-state index contributed by atoms with van der Waals surface area (Å²) in [7, 11) is -3.42. The van der Waals surface area contributed by atoms with Crippen molar-refractivity contribution in [1.29, 1.82) is 0 Å². The molecular weight excluding hydrogens is 352 g/mol. The van der Waals surface area contributed by atoms with E-state index in [-0.39, 0.29) is 18.4 Å². The van der Waals surface area contributed by atoms with Gasteiger partial charge in [0.15, 0.2) is 0 Å². The highest BCUT2D eigenvalue weighted by Gasteiger charge is 2.26. The minimum Gasteiger partial charge on any atom is -0.315 e. The van der Waals surface area contributed by atoms with E-state index >= 15 is 0 Å². The predicted octanol–water partition coefficient (Wildman–Crippen LogP) is 2.15. The Balaban J connectivity index is 0.00000180. The topological polar surface area (TPSA) is 58.2 Å². The lowest BCUT2D eigenvalue weighted by Gasteiger charge is -2.29. The number of rotatable bonds is 3. The zero-order chi connectivity index (χ0) is 13.2. The van der Waals surface area contributed by atoms with Crippen LogP contribution in [0.25, 0.3) is 0 Å². The molecule has 19 heavy (non-hydrogen) atoms. The summed E-state index contributed by atoms with van der Waals surface area (Å²) < 4.78 is 28.1. The first kappa shape index (κ1) is 16.9. The summed E-state index contributed by atoms with van der Waals surface area (Å²) in [5.41, 5.74) is 0. The molecular formula is C12H18BrClN2O2S. The Hall–Kier alpha value is -0.140. The van der Waals surface area contributed by atoms with Crippen molar-refractivity contribution in [2.24, 2.45) is 5.92 Å². The first-order valence-electron chi connectivity index (χ1n) is 5.97. The lowest BCUT2D eigenvalue weighted by Crippen LogP contribution is -2.50. The molecule has 0 saturated carbocycles.